The highest BCUT2D eigenvalue weighted by atomic mass is 15.2. The van der Waals surface area contributed by atoms with Crippen molar-refractivity contribution in [2.45, 2.75) is 26.3 Å². The summed E-state index contributed by atoms with van der Waals surface area (Å²) in [5.74, 6) is 0.918. The van der Waals surface area contributed by atoms with Crippen LogP contribution in [0.2, 0.25) is 0 Å². The Balaban J connectivity index is 2.35. The third kappa shape index (κ3) is 2.93. The maximum absolute atomic E-state index is 6.01. The third-order valence-corrected chi connectivity index (χ3v) is 3.36. The number of aryl methyl sites for hydroxylation is 1. The molecule has 0 saturated heterocycles. The van der Waals surface area contributed by atoms with E-state index in [0.717, 1.165) is 23.5 Å². The molecule has 0 spiro atoms. The minimum Gasteiger partial charge on any atom is -0.329 e. The van der Waals surface area contributed by atoms with E-state index in [2.05, 4.69) is 41.1 Å². The fraction of sp³-hybridized carbons (Fsp3) is 0.312. The van der Waals surface area contributed by atoms with Crippen molar-refractivity contribution in [3.63, 3.8) is 0 Å². The number of hydrogen-bond donors (Lipinski definition) is 1. The molecule has 0 amide bonds. The summed E-state index contributed by atoms with van der Waals surface area (Å²) in [4.78, 5) is 6.55. The van der Waals surface area contributed by atoms with Gasteiger partial charge in [-0.15, -0.1) is 0 Å². The molecule has 2 rings (SSSR count). The number of benzene rings is 1. The molecule has 100 valence electrons. The van der Waals surface area contributed by atoms with Crippen LogP contribution in [-0.2, 0) is 6.42 Å². The summed E-state index contributed by atoms with van der Waals surface area (Å²) in [7, 11) is 2.02. The number of pyridine rings is 1. The molecule has 0 unspecified atom stereocenters. The van der Waals surface area contributed by atoms with Crippen LogP contribution in [0.3, 0.4) is 0 Å². The average Bonchev–Trinajstić information content (AvgIpc) is 2.46. The van der Waals surface area contributed by atoms with Crippen molar-refractivity contribution in [3.8, 4) is 0 Å². The number of nitrogens with zero attached hydrogens (tertiary/aromatic N) is 2. The number of aromatic nitrogens is 1. The van der Waals surface area contributed by atoms with Crippen molar-refractivity contribution in [2.24, 2.45) is 5.73 Å². The van der Waals surface area contributed by atoms with Gasteiger partial charge in [0.1, 0.15) is 5.82 Å². The van der Waals surface area contributed by atoms with E-state index >= 15 is 0 Å². The Bertz CT molecular complexity index is 532. The van der Waals surface area contributed by atoms with Crippen LogP contribution < -0.4 is 10.6 Å². The zero-order valence-electron chi connectivity index (χ0n) is 11.8. The lowest BCUT2D eigenvalue weighted by Gasteiger charge is -2.22. The molecule has 0 aliphatic heterocycles. The second-order valence-corrected chi connectivity index (χ2v) is 4.78. The van der Waals surface area contributed by atoms with Gasteiger partial charge in [-0.2, -0.15) is 0 Å². The Hall–Kier alpha value is -1.87. The Morgan fingerprint density at radius 1 is 1.21 bits per heavy atom. The molecule has 0 saturated carbocycles. The Kier molecular flexibility index (Phi) is 4.17. The number of rotatable bonds is 4. The lowest BCUT2D eigenvalue weighted by molar-refractivity contribution is 0.807. The molecule has 3 heteroatoms. The maximum Gasteiger partial charge on any atom is 0.137 e. The van der Waals surface area contributed by atoms with Crippen LogP contribution in [0, 0.1) is 0 Å². The smallest absolute Gasteiger partial charge is 0.137 e. The van der Waals surface area contributed by atoms with E-state index in [1.807, 2.05) is 26.1 Å². The summed E-state index contributed by atoms with van der Waals surface area (Å²) in [6, 6.07) is 12.5. The first-order valence-corrected chi connectivity index (χ1v) is 6.66. The molecule has 2 aromatic rings. The first-order chi connectivity index (χ1) is 9.13. The highest BCUT2D eigenvalue weighted by Crippen LogP contribution is 2.27. The van der Waals surface area contributed by atoms with Crippen molar-refractivity contribution in [1.82, 2.24) is 4.98 Å². The second-order valence-electron chi connectivity index (χ2n) is 4.78. The molecule has 2 N–H and O–H groups in total. The van der Waals surface area contributed by atoms with E-state index in [-0.39, 0.29) is 6.04 Å². The minimum atomic E-state index is -0.0268. The van der Waals surface area contributed by atoms with Gasteiger partial charge in [-0.3, -0.25) is 0 Å². The van der Waals surface area contributed by atoms with Crippen LogP contribution in [-0.4, -0.2) is 12.0 Å². The molecule has 1 atom stereocenters. The topological polar surface area (TPSA) is 42.2 Å². The fourth-order valence-electron chi connectivity index (χ4n) is 2.12. The Morgan fingerprint density at radius 2 is 1.89 bits per heavy atom. The molecule has 3 nitrogen and oxygen atoms in total. The number of hydrogen-bond acceptors (Lipinski definition) is 3. The van der Waals surface area contributed by atoms with Gasteiger partial charge in [-0.25, -0.2) is 4.98 Å². The van der Waals surface area contributed by atoms with E-state index in [0.29, 0.717) is 0 Å². The molecule has 1 aromatic heterocycles. The summed E-state index contributed by atoms with van der Waals surface area (Å²) in [5.41, 5.74) is 9.53. The Labute approximate surface area is 115 Å². The van der Waals surface area contributed by atoms with Gasteiger partial charge in [-0.1, -0.05) is 25.1 Å². The van der Waals surface area contributed by atoms with E-state index in [9.17, 15) is 0 Å². The highest BCUT2D eigenvalue weighted by Gasteiger charge is 2.12. The molecule has 0 fully saturated rings. The summed E-state index contributed by atoms with van der Waals surface area (Å²) in [6.07, 6.45) is 2.86. The summed E-state index contributed by atoms with van der Waals surface area (Å²) in [5, 5.41) is 0. The second kappa shape index (κ2) is 5.85. The van der Waals surface area contributed by atoms with Gasteiger partial charge in [0.05, 0.1) is 0 Å². The van der Waals surface area contributed by atoms with E-state index < -0.39 is 0 Å². The summed E-state index contributed by atoms with van der Waals surface area (Å²) in [6.45, 7) is 4.14. The SMILES string of the molecule is CCc1ccc(N(C)c2ncccc2[C@@H](C)N)cc1. The van der Waals surface area contributed by atoms with E-state index in [1.54, 1.807) is 6.20 Å². The lowest BCUT2D eigenvalue weighted by atomic mass is 10.1. The summed E-state index contributed by atoms with van der Waals surface area (Å²) < 4.78 is 0. The fourth-order valence-corrected chi connectivity index (χ4v) is 2.12. The van der Waals surface area contributed by atoms with E-state index in [1.165, 1.54) is 5.56 Å². The van der Waals surface area contributed by atoms with Crippen molar-refractivity contribution >= 4 is 11.5 Å². The standard InChI is InChI=1S/C16H21N3/c1-4-13-7-9-14(10-8-13)19(3)16-15(12(2)17)6-5-11-18-16/h5-12H,4,17H2,1-3H3/t12-/m1/s1. The average molecular weight is 255 g/mol. The predicted molar refractivity (Wildman–Crippen MR) is 80.7 cm³/mol. The molecule has 1 heterocycles. The van der Waals surface area contributed by atoms with Gasteiger partial charge in [0.2, 0.25) is 0 Å². The molecule has 1 aromatic carbocycles. The number of nitrogens with two attached hydrogens (primary N) is 1. The van der Waals surface area contributed by atoms with Crippen molar-refractivity contribution in [2.75, 3.05) is 11.9 Å². The largest absolute Gasteiger partial charge is 0.329 e. The third-order valence-electron chi connectivity index (χ3n) is 3.36. The van der Waals surface area contributed by atoms with Crippen LogP contribution >= 0.6 is 0 Å². The molecule has 0 bridgehead atoms. The van der Waals surface area contributed by atoms with Crippen LogP contribution in [0.5, 0.6) is 0 Å². The quantitative estimate of drug-likeness (QED) is 0.910. The maximum atomic E-state index is 6.01. The highest BCUT2D eigenvalue weighted by molar-refractivity contribution is 5.62. The molecule has 0 radical (unpaired) electrons. The molecular weight excluding hydrogens is 234 g/mol. The van der Waals surface area contributed by atoms with Crippen LogP contribution in [0.1, 0.15) is 31.0 Å². The van der Waals surface area contributed by atoms with Crippen LogP contribution in [0.4, 0.5) is 11.5 Å². The van der Waals surface area contributed by atoms with E-state index in [4.69, 9.17) is 5.73 Å². The van der Waals surface area contributed by atoms with Gasteiger partial charge < -0.3 is 10.6 Å². The van der Waals surface area contributed by atoms with Gasteiger partial charge in [0.15, 0.2) is 0 Å². The normalized spacial score (nSPS) is 12.2. The molecule has 19 heavy (non-hydrogen) atoms. The van der Waals surface area contributed by atoms with Crippen molar-refractivity contribution in [3.05, 3.63) is 53.7 Å². The van der Waals surface area contributed by atoms with Crippen molar-refractivity contribution in [1.29, 1.82) is 0 Å². The van der Waals surface area contributed by atoms with Crippen LogP contribution in [0.25, 0.3) is 0 Å². The monoisotopic (exact) mass is 255 g/mol. The first-order valence-electron chi connectivity index (χ1n) is 6.66. The molecule has 0 aliphatic carbocycles. The Morgan fingerprint density at radius 3 is 2.47 bits per heavy atom. The van der Waals surface area contributed by atoms with Gasteiger partial charge in [-0.05, 0) is 37.1 Å². The summed E-state index contributed by atoms with van der Waals surface area (Å²) >= 11 is 0. The zero-order chi connectivity index (χ0) is 13.8. The van der Waals surface area contributed by atoms with Gasteiger partial charge in [0.25, 0.3) is 0 Å². The molecular formula is C16H21N3. The minimum absolute atomic E-state index is 0.0268. The van der Waals surface area contributed by atoms with Gasteiger partial charge in [0, 0.05) is 30.5 Å². The number of anilines is 2. The first kappa shape index (κ1) is 13.6. The lowest BCUT2D eigenvalue weighted by Crippen LogP contribution is -2.17. The van der Waals surface area contributed by atoms with Gasteiger partial charge >= 0.3 is 0 Å². The zero-order valence-corrected chi connectivity index (χ0v) is 11.8. The van der Waals surface area contributed by atoms with Crippen molar-refractivity contribution < 1.29 is 0 Å². The molecule has 0 aliphatic rings. The predicted octanol–water partition coefficient (Wildman–Crippen LogP) is 3.43. The van der Waals surface area contributed by atoms with Crippen LogP contribution in [0.15, 0.2) is 42.6 Å².